The average molecular weight is 455 g/mol. The average Bonchev–Trinajstić information content (AvgIpc) is 2.98. The van der Waals surface area contributed by atoms with Crippen molar-refractivity contribution in [3.05, 3.63) is 63.3 Å². The summed E-state index contributed by atoms with van der Waals surface area (Å²) in [5.41, 5.74) is 2.55. The highest BCUT2D eigenvalue weighted by Crippen LogP contribution is 2.27. The first-order valence-corrected chi connectivity index (χ1v) is 11.5. The van der Waals surface area contributed by atoms with E-state index in [1.807, 2.05) is 23.8 Å². The van der Waals surface area contributed by atoms with E-state index in [0.29, 0.717) is 46.3 Å². The number of ether oxygens (including phenoxy) is 1. The lowest BCUT2D eigenvalue weighted by Gasteiger charge is -2.09. The summed E-state index contributed by atoms with van der Waals surface area (Å²) >= 11 is 12.1. The van der Waals surface area contributed by atoms with Gasteiger partial charge in [0.05, 0.1) is 12.9 Å². The normalized spacial score (nSPS) is 11.6. The molecule has 0 bridgehead atoms. The summed E-state index contributed by atoms with van der Waals surface area (Å²) in [7, 11) is -3.69. The van der Waals surface area contributed by atoms with Crippen LogP contribution in [-0.2, 0) is 16.4 Å². The van der Waals surface area contributed by atoms with Crippen LogP contribution in [0.4, 0.5) is 0 Å². The number of carbonyl (C=O) groups is 1. The number of fused-ring (bicyclic) bond motifs is 1. The maximum atomic E-state index is 12.5. The van der Waals surface area contributed by atoms with Gasteiger partial charge in [-0.15, -0.1) is 0 Å². The Balaban J connectivity index is 1.78. The van der Waals surface area contributed by atoms with E-state index < -0.39 is 15.9 Å². The van der Waals surface area contributed by atoms with Gasteiger partial charge in [0.15, 0.2) is 0 Å². The number of rotatable bonds is 7. The summed E-state index contributed by atoms with van der Waals surface area (Å²) in [6.07, 6.45) is 2.05. The molecule has 0 saturated carbocycles. The quantitative estimate of drug-likeness (QED) is 0.514. The molecule has 0 saturated heterocycles. The van der Waals surface area contributed by atoms with Crippen molar-refractivity contribution in [2.24, 2.45) is 0 Å². The van der Waals surface area contributed by atoms with Crippen LogP contribution in [0, 0.1) is 6.92 Å². The number of benzene rings is 2. The zero-order chi connectivity index (χ0) is 21.2. The molecule has 0 spiro atoms. The molecule has 2 aromatic carbocycles. The maximum Gasteiger partial charge on any atom is 0.281 e. The second-order valence-electron chi connectivity index (χ2n) is 6.73. The fraction of sp³-hybridized carbons (Fsp3) is 0.250. The number of hydrogen-bond acceptors (Lipinski definition) is 4. The molecule has 0 aliphatic heterocycles. The van der Waals surface area contributed by atoms with E-state index in [4.69, 9.17) is 27.9 Å². The predicted octanol–water partition coefficient (Wildman–Crippen LogP) is 4.48. The molecule has 154 valence electrons. The minimum atomic E-state index is -3.69. The lowest BCUT2D eigenvalue weighted by atomic mass is 10.1. The van der Waals surface area contributed by atoms with Crippen LogP contribution in [0.1, 0.15) is 28.0 Å². The summed E-state index contributed by atoms with van der Waals surface area (Å²) in [5.74, 6) is -0.0394. The molecule has 0 atom stereocenters. The molecule has 0 aliphatic rings. The number of aryl methyl sites for hydroxylation is 2. The van der Waals surface area contributed by atoms with E-state index in [1.165, 1.54) is 0 Å². The Morgan fingerprint density at radius 3 is 2.62 bits per heavy atom. The summed E-state index contributed by atoms with van der Waals surface area (Å²) in [6.45, 7) is 2.32. The molecule has 0 radical (unpaired) electrons. The van der Waals surface area contributed by atoms with Gasteiger partial charge in [-0.2, -0.15) is 0 Å². The van der Waals surface area contributed by atoms with Crippen LogP contribution in [0.2, 0.25) is 10.0 Å². The Bertz CT molecular complexity index is 1170. The minimum Gasteiger partial charge on any atom is -0.494 e. The molecular formula is C20H20Cl2N2O4S. The number of amides is 1. The van der Waals surface area contributed by atoms with Crippen molar-refractivity contribution < 1.29 is 17.9 Å². The van der Waals surface area contributed by atoms with Gasteiger partial charge in [-0.1, -0.05) is 35.3 Å². The number of nitrogens with one attached hydrogen (secondary N) is 2. The van der Waals surface area contributed by atoms with Crippen LogP contribution in [-0.4, -0.2) is 32.2 Å². The molecule has 3 rings (SSSR count). The summed E-state index contributed by atoms with van der Waals surface area (Å²) in [5, 5.41) is 1.96. The third kappa shape index (κ3) is 5.44. The smallest absolute Gasteiger partial charge is 0.281 e. The first kappa shape index (κ1) is 21.5. The molecule has 29 heavy (non-hydrogen) atoms. The van der Waals surface area contributed by atoms with E-state index in [2.05, 4.69) is 4.98 Å². The summed E-state index contributed by atoms with van der Waals surface area (Å²) < 4.78 is 30.7. The lowest BCUT2D eigenvalue weighted by molar-refractivity contribution is 0.0976. The third-order valence-electron chi connectivity index (χ3n) is 4.36. The fourth-order valence-corrected chi connectivity index (χ4v) is 3.78. The minimum absolute atomic E-state index is 0.200. The molecule has 9 heteroatoms. The largest absolute Gasteiger partial charge is 0.494 e. The molecule has 6 nitrogen and oxygen atoms in total. The van der Waals surface area contributed by atoms with E-state index >= 15 is 0 Å². The highest BCUT2D eigenvalue weighted by atomic mass is 35.5. The van der Waals surface area contributed by atoms with Gasteiger partial charge in [0.25, 0.3) is 5.91 Å². The molecule has 1 heterocycles. The number of aromatic amines is 1. The molecule has 0 aliphatic carbocycles. The molecule has 3 aromatic rings. The first-order valence-electron chi connectivity index (χ1n) is 8.85. The monoisotopic (exact) mass is 454 g/mol. The number of halogens is 2. The molecule has 0 unspecified atom stereocenters. The Kier molecular flexibility index (Phi) is 6.41. The molecule has 1 aromatic heterocycles. The van der Waals surface area contributed by atoms with E-state index in [0.717, 1.165) is 17.2 Å². The van der Waals surface area contributed by atoms with Crippen LogP contribution < -0.4 is 9.46 Å². The Morgan fingerprint density at radius 2 is 1.93 bits per heavy atom. The predicted molar refractivity (Wildman–Crippen MR) is 116 cm³/mol. The van der Waals surface area contributed by atoms with Gasteiger partial charge in [-0.3, -0.25) is 4.79 Å². The van der Waals surface area contributed by atoms with Crippen molar-refractivity contribution in [2.75, 3.05) is 12.9 Å². The Labute approximate surface area is 179 Å². The van der Waals surface area contributed by atoms with Crippen molar-refractivity contribution in [1.82, 2.24) is 9.71 Å². The third-order valence-corrected chi connectivity index (χ3v) is 5.55. The van der Waals surface area contributed by atoms with E-state index in [9.17, 15) is 13.2 Å². The van der Waals surface area contributed by atoms with Crippen LogP contribution in [0.15, 0.2) is 36.4 Å². The summed E-state index contributed by atoms with van der Waals surface area (Å²) in [4.78, 5) is 15.4. The SMILES string of the molecule is Cc1ccc(OCCCc2c(C(=O)NS(C)(=O)=O)[nH]c3cc(Cl)ccc23)cc1Cl. The van der Waals surface area contributed by atoms with E-state index in [1.54, 1.807) is 24.3 Å². The number of hydrogen-bond donors (Lipinski definition) is 2. The van der Waals surface area contributed by atoms with Crippen molar-refractivity contribution in [1.29, 1.82) is 0 Å². The fourth-order valence-electron chi connectivity index (χ4n) is 3.00. The van der Waals surface area contributed by atoms with Gasteiger partial charge in [0, 0.05) is 20.9 Å². The highest BCUT2D eigenvalue weighted by molar-refractivity contribution is 7.89. The van der Waals surface area contributed by atoms with Gasteiger partial charge in [0.2, 0.25) is 10.0 Å². The molecule has 2 N–H and O–H groups in total. The number of H-pyrrole nitrogens is 1. The highest BCUT2D eigenvalue weighted by Gasteiger charge is 2.20. The molecule has 0 fully saturated rings. The topological polar surface area (TPSA) is 88.3 Å². The van der Waals surface area contributed by atoms with E-state index in [-0.39, 0.29) is 5.69 Å². The second-order valence-corrected chi connectivity index (χ2v) is 9.33. The molecular weight excluding hydrogens is 435 g/mol. The number of sulfonamides is 1. The zero-order valence-corrected chi connectivity index (χ0v) is 18.2. The zero-order valence-electron chi connectivity index (χ0n) is 15.9. The Hall–Kier alpha value is -2.22. The van der Waals surface area contributed by atoms with Gasteiger partial charge in [0.1, 0.15) is 11.4 Å². The lowest BCUT2D eigenvalue weighted by Crippen LogP contribution is -2.30. The van der Waals surface area contributed by atoms with Gasteiger partial charge < -0.3 is 9.72 Å². The first-order chi connectivity index (χ1) is 13.6. The van der Waals surface area contributed by atoms with Crippen LogP contribution in [0.5, 0.6) is 5.75 Å². The van der Waals surface area contributed by atoms with Crippen LogP contribution in [0.3, 0.4) is 0 Å². The van der Waals surface area contributed by atoms with Gasteiger partial charge in [-0.25, -0.2) is 13.1 Å². The summed E-state index contributed by atoms with van der Waals surface area (Å²) in [6, 6.07) is 10.7. The van der Waals surface area contributed by atoms with Crippen LogP contribution in [0.25, 0.3) is 10.9 Å². The van der Waals surface area contributed by atoms with Crippen molar-refractivity contribution >= 4 is 50.0 Å². The number of carbonyl (C=O) groups excluding carboxylic acids is 1. The van der Waals surface area contributed by atoms with Gasteiger partial charge in [-0.05, 0) is 55.2 Å². The van der Waals surface area contributed by atoms with Crippen molar-refractivity contribution in [3.63, 3.8) is 0 Å². The Morgan fingerprint density at radius 1 is 1.17 bits per heavy atom. The van der Waals surface area contributed by atoms with Crippen molar-refractivity contribution in [2.45, 2.75) is 19.8 Å². The van der Waals surface area contributed by atoms with Gasteiger partial charge >= 0.3 is 0 Å². The van der Waals surface area contributed by atoms with Crippen LogP contribution >= 0.6 is 23.2 Å². The number of aromatic nitrogens is 1. The maximum absolute atomic E-state index is 12.5. The molecule has 1 amide bonds. The van der Waals surface area contributed by atoms with Crippen molar-refractivity contribution in [3.8, 4) is 5.75 Å². The standard InChI is InChI=1S/C20H20Cl2N2O4S/c1-12-5-7-14(11-17(12)22)28-9-3-4-16-15-8-6-13(21)10-18(15)23-19(16)20(25)24-29(2,26)27/h5-8,10-11,23H,3-4,9H2,1-2H3,(H,24,25). The second kappa shape index (κ2) is 8.65.